The van der Waals surface area contributed by atoms with E-state index < -0.39 is 30.5 Å². The number of phenolic OH excluding ortho intramolecular Hbond substituents is 1. The van der Waals surface area contributed by atoms with Gasteiger partial charge in [0.05, 0.1) is 6.42 Å². The van der Waals surface area contributed by atoms with Gasteiger partial charge in [-0.25, -0.2) is 24.3 Å². The van der Waals surface area contributed by atoms with Crippen LogP contribution in [0.3, 0.4) is 0 Å². The molecule has 4 rings (SSSR count). The molecule has 1 aliphatic heterocycles. The quantitative estimate of drug-likeness (QED) is 0.306. The number of halogens is 3. The minimum absolute atomic E-state index is 0.0246. The van der Waals surface area contributed by atoms with Crippen LogP contribution in [0, 0.1) is 0 Å². The van der Waals surface area contributed by atoms with Gasteiger partial charge >= 0.3 is 18.1 Å². The fraction of sp³-hybridized carbons (Fsp3) is 0.400. The van der Waals surface area contributed by atoms with Crippen molar-refractivity contribution in [3.63, 3.8) is 0 Å². The standard InChI is InChI=1S/C25H25F3N4O6/c26-25(27,28)24(35)38-37-22(34)14-17(16-4-1-7-19(33)12-16)13-21-31-20(32-36-21)8-2-6-18-10-9-15-5-3-11-29-23(15)30-18/h1,4,7,9-10,12,17,33H,2-3,5-6,8,11,13-14H2,(H,29,30). The third kappa shape index (κ3) is 7.43. The maximum atomic E-state index is 12.3. The van der Waals surface area contributed by atoms with Gasteiger partial charge in [0.1, 0.15) is 11.6 Å². The van der Waals surface area contributed by atoms with Crippen LogP contribution in [0.2, 0.25) is 0 Å². The number of benzene rings is 1. The summed E-state index contributed by atoms with van der Waals surface area (Å²) in [6.45, 7) is 0.912. The van der Waals surface area contributed by atoms with E-state index >= 15 is 0 Å². The van der Waals surface area contributed by atoms with Crippen LogP contribution in [0.4, 0.5) is 19.0 Å². The Morgan fingerprint density at radius 3 is 2.76 bits per heavy atom. The van der Waals surface area contributed by atoms with Crippen molar-refractivity contribution in [2.24, 2.45) is 0 Å². The summed E-state index contributed by atoms with van der Waals surface area (Å²) < 4.78 is 42.2. The highest BCUT2D eigenvalue weighted by atomic mass is 19.4. The van der Waals surface area contributed by atoms with Crippen LogP contribution in [0.1, 0.15) is 53.7 Å². The second-order valence-corrected chi connectivity index (χ2v) is 8.82. The van der Waals surface area contributed by atoms with E-state index in [-0.39, 0.29) is 18.1 Å². The minimum atomic E-state index is -5.31. The number of hydrogen-bond acceptors (Lipinski definition) is 10. The number of alkyl halides is 3. The first-order chi connectivity index (χ1) is 18.2. The average molecular weight is 534 g/mol. The summed E-state index contributed by atoms with van der Waals surface area (Å²) in [5.41, 5.74) is 2.64. The summed E-state index contributed by atoms with van der Waals surface area (Å²) in [7, 11) is 0. The topological polar surface area (TPSA) is 137 Å². The molecule has 13 heteroatoms. The van der Waals surface area contributed by atoms with E-state index in [2.05, 4.69) is 36.3 Å². The number of fused-ring (bicyclic) bond motifs is 1. The Hall–Kier alpha value is -4.16. The van der Waals surface area contributed by atoms with E-state index in [4.69, 9.17) is 4.52 Å². The van der Waals surface area contributed by atoms with Gasteiger partial charge in [0.2, 0.25) is 5.89 Å². The molecule has 1 aromatic carbocycles. The number of aromatic hydroxyl groups is 1. The Kier molecular flexibility index (Phi) is 8.44. The molecule has 202 valence electrons. The molecule has 38 heavy (non-hydrogen) atoms. The number of rotatable bonds is 9. The second-order valence-electron chi connectivity index (χ2n) is 8.82. The zero-order chi connectivity index (χ0) is 27.1. The third-order valence-corrected chi connectivity index (χ3v) is 5.91. The molecule has 0 amide bonds. The van der Waals surface area contributed by atoms with Gasteiger partial charge in [-0.15, -0.1) is 0 Å². The van der Waals surface area contributed by atoms with E-state index in [1.54, 1.807) is 6.07 Å². The molecule has 1 aliphatic rings. The number of aryl methyl sites for hydroxylation is 3. The number of nitrogens with zero attached hydrogens (tertiary/aromatic N) is 3. The number of aromatic nitrogens is 3. The number of pyridine rings is 1. The first-order valence-electron chi connectivity index (χ1n) is 12.0. The number of carbonyl (C=O) groups is 2. The zero-order valence-electron chi connectivity index (χ0n) is 20.2. The Balaban J connectivity index is 1.34. The van der Waals surface area contributed by atoms with Gasteiger partial charge in [-0.05, 0) is 55.0 Å². The van der Waals surface area contributed by atoms with Crippen LogP contribution in [0.25, 0.3) is 0 Å². The molecule has 0 aliphatic carbocycles. The zero-order valence-corrected chi connectivity index (χ0v) is 20.2. The summed E-state index contributed by atoms with van der Waals surface area (Å²) in [4.78, 5) is 39.5. The molecule has 3 aromatic rings. The molecule has 0 fully saturated rings. The molecule has 2 N–H and O–H groups in total. The van der Waals surface area contributed by atoms with Crippen molar-refractivity contribution in [2.75, 3.05) is 11.9 Å². The van der Waals surface area contributed by atoms with Crippen molar-refractivity contribution in [1.29, 1.82) is 0 Å². The van der Waals surface area contributed by atoms with E-state index in [0.29, 0.717) is 24.2 Å². The molecule has 0 bridgehead atoms. The molecule has 0 saturated heterocycles. The van der Waals surface area contributed by atoms with Crippen LogP contribution >= 0.6 is 0 Å². The normalized spacial score (nSPS) is 13.8. The van der Waals surface area contributed by atoms with Crippen LogP contribution in [-0.4, -0.2) is 44.9 Å². The molecular formula is C25H25F3N4O6. The molecule has 3 heterocycles. The number of hydrogen-bond donors (Lipinski definition) is 2. The highest BCUT2D eigenvalue weighted by molar-refractivity contribution is 5.77. The molecule has 0 radical (unpaired) electrons. The number of carbonyl (C=O) groups excluding carboxylic acids is 2. The summed E-state index contributed by atoms with van der Waals surface area (Å²) in [6, 6.07) is 10.1. The molecule has 1 unspecified atom stereocenters. The van der Waals surface area contributed by atoms with E-state index in [0.717, 1.165) is 37.3 Å². The minimum Gasteiger partial charge on any atom is -0.508 e. The number of nitrogens with one attached hydrogen (secondary N) is 1. The van der Waals surface area contributed by atoms with Crippen molar-refractivity contribution < 1.29 is 42.2 Å². The Bertz CT molecular complexity index is 1280. The fourth-order valence-electron chi connectivity index (χ4n) is 4.07. The first-order valence-corrected chi connectivity index (χ1v) is 12.0. The van der Waals surface area contributed by atoms with Gasteiger partial charge in [-0.2, -0.15) is 18.2 Å². The molecule has 1 atom stereocenters. The predicted molar refractivity (Wildman–Crippen MR) is 125 cm³/mol. The number of phenols is 1. The van der Waals surface area contributed by atoms with Crippen molar-refractivity contribution in [3.8, 4) is 5.75 Å². The van der Waals surface area contributed by atoms with Crippen LogP contribution in [0.5, 0.6) is 5.75 Å². The van der Waals surface area contributed by atoms with Crippen LogP contribution in [-0.2, 0) is 45.0 Å². The fourth-order valence-corrected chi connectivity index (χ4v) is 4.07. The molecule has 0 saturated carbocycles. The van der Waals surface area contributed by atoms with Crippen LogP contribution in [0.15, 0.2) is 40.9 Å². The van der Waals surface area contributed by atoms with E-state index in [1.165, 1.54) is 23.8 Å². The first kappa shape index (κ1) is 26.9. The highest BCUT2D eigenvalue weighted by Gasteiger charge is 2.43. The van der Waals surface area contributed by atoms with E-state index in [1.807, 2.05) is 6.07 Å². The summed E-state index contributed by atoms with van der Waals surface area (Å²) in [5.74, 6) is -3.11. The van der Waals surface area contributed by atoms with Gasteiger partial charge in [-0.3, -0.25) is 0 Å². The summed E-state index contributed by atoms with van der Waals surface area (Å²) >= 11 is 0. The molecule has 0 spiro atoms. The van der Waals surface area contributed by atoms with Crippen LogP contribution < -0.4 is 5.32 Å². The van der Waals surface area contributed by atoms with Gasteiger partial charge in [0.15, 0.2) is 5.82 Å². The van der Waals surface area contributed by atoms with Crippen molar-refractivity contribution in [3.05, 3.63) is 64.9 Å². The van der Waals surface area contributed by atoms with Gasteiger partial charge in [0, 0.05) is 31.0 Å². The summed E-state index contributed by atoms with van der Waals surface area (Å²) in [5, 5.41) is 17.1. The maximum absolute atomic E-state index is 12.3. The Morgan fingerprint density at radius 1 is 1.13 bits per heavy atom. The maximum Gasteiger partial charge on any atom is 0.495 e. The highest BCUT2D eigenvalue weighted by Crippen LogP contribution is 2.28. The lowest BCUT2D eigenvalue weighted by Gasteiger charge is -2.17. The third-order valence-electron chi connectivity index (χ3n) is 5.91. The van der Waals surface area contributed by atoms with Gasteiger partial charge in [-0.1, -0.05) is 23.4 Å². The van der Waals surface area contributed by atoms with Crippen molar-refractivity contribution in [1.82, 2.24) is 15.1 Å². The lowest BCUT2D eigenvalue weighted by Crippen LogP contribution is -2.27. The van der Waals surface area contributed by atoms with Crippen molar-refractivity contribution in [2.45, 2.75) is 57.0 Å². The lowest BCUT2D eigenvalue weighted by molar-refractivity contribution is -0.286. The summed E-state index contributed by atoms with van der Waals surface area (Å²) in [6.07, 6.45) is -1.71. The Morgan fingerprint density at radius 2 is 1.97 bits per heavy atom. The number of anilines is 1. The van der Waals surface area contributed by atoms with Gasteiger partial charge in [0.25, 0.3) is 0 Å². The van der Waals surface area contributed by atoms with Crippen molar-refractivity contribution >= 4 is 17.8 Å². The lowest BCUT2D eigenvalue weighted by atomic mass is 9.92. The van der Waals surface area contributed by atoms with Gasteiger partial charge < -0.3 is 14.9 Å². The average Bonchev–Trinajstić information content (AvgIpc) is 3.33. The monoisotopic (exact) mass is 534 g/mol. The van der Waals surface area contributed by atoms with E-state index in [9.17, 15) is 27.9 Å². The molecule has 2 aromatic heterocycles. The second kappa shape index (κ2) is 11.9. The smallest absolute Gasteiger partial charge is 0.495 e. The Labute approximate surface area is 215 Å². The predicted octanol–water partition coefficient (Wildman–Crippen LogP) is 3.98. The molecule has 10 nitrogen and oxygen atoms in total. The molecular weight excluding hydrogens is 509 g/mol. The SMILES string of the molecule is O=C(CC(Cc1nc(CCCc2ccc3c(n2)NCCC3)no1)c1cccc(O)c1)OOC(=O)C(F)(F)F. The largest absolute Gasteiger partial charge is 0.508 e.